The summed E-state index contributed by atoms with van der Waals surface area (Å²) in [6.07, 6.45) is 0. The van der Waals surface area contributed by atoms with E-state index in [-0.39, 0.29) is 0 Å². The fourth-order valence-electron chi connectivity index (χ4n) is 1.63. The van der Waals surface area contributed by atoms with Gasteiger partial charge in [-0.05, 0) is 18.1 Å². The van der Waals surface area contributed by atoms with E-state index >= 15 is 0 Å². The zero-order valence-electron chi connectivity index (χ0n) is 8.24. The van der Waals surface area contributed by atoms with Crippen molar-refractivity contribution in [1.82, 2.24) is 0 Å². The van der Waals surface area contributed by atoms with Gasteiger partial charge in [0.15, 0.2) is 0 Å². The number of para-hydroxylation sites is 1. The van der Waals surface area contributed by atoms with E-state index in [1.54, 1.807) is 0 Å². The van der Waals surface area contributed by atoms with E-state index < -0.39 is 0 Å². The first-order chi connectivity index (χ1) is 6.81. The molecule has 0 radical (unpaired) electrons. The van der Waals surface area contributed by atoms with Crippen molar-refractivity contribution in [2.75, 3.05) is 23.2 Å². The molecule has 1 unspecified atom stereocenters. The number of anilines is 1. The van der Waals surface area contributed by atoms with Crippen molar-refractivity contribution in [3.8, 4) is 0 Å². The largest absolute Gasteiger partial charge is 0.361 e. The van der Waals surface area contributed by atoms with Gasteiger partial charge in [0.25, 0.3) is 0 Å². The van der Waals surface area contributed by atoms with Crippen molar-refractivity contribution in [2.24, 2.45) is 5.92 Å². The van der Waals surface area contributed by atoms with Crippen molar-refractivity contribution < 1.29 is 0 Å². The van der Waals surface area contributed by atoms with Gasteiger partial charge in [0.1, 0.15) is 0 Å². The Morgan fingerprint density at radius 3 is 3.07 bits per heavy atom. The first kappa shape index (κ1) is 10.2. The third-order valence-electron chi connectivity index (χ3n) is 2.38. The van der Waals surface area contributed by atoms with Gasteiger partial charge in [-0.15, -0.1) is 23.4 Å². The Hall–Kier alpha value is -0.340. The summed E-state index contributed by atoms with van der Waals surface area (Å²) in [5.74, 6) is 2.37. The van der Waals surface area contributed by atoms with Gasteiger partial charge in [-0.1, -0.05) is 19.1 Å². The number of thioether (sulfide) groups is 1. The first-order valence-corrected chi connectivity index (χ1v) is 6.36. The van der Waals surface area contributed by atoms with Crippen LogP contribution in [0.3, 0.4) is 0 Å². The van der Waals surface area contributed by atoms with Gasteiger partial charge in [0, 0.05) is 17.3 Å². The summed E-state index contributed by atoms with van der Waals surface area (Å²) in [5.41, 5.74) is 1.37. The second-order valence-electron chi connectivity index (χ2n) is 3.72. The smallest absolute Gasteiger partial charge is 0.0687 e. The van der Waals surface area contributed by atoms with Crippen LogP contribution in [0.1, 0.15) is 6.92 Å². The van der Waals surface area contributed by atoms with Crippen molar-refractivity contribution in [2.45, 2.75) is 11.8 Å². The van der Waals surface area contributed by atoms with Crippen LogP contribution < -0.4 is 4.90 Å². The normalized spacial score (nSPS) is 16.9. The van der Waals surface area contributed by atoms with Crippen LogP contribution in [0.15, 0.2) is 29.2 Å². The van der Waals surface area contributed by atoms with Crippen LogP contribution in [0, 0.1) is 5.92 Å². The van der Waals surface area contributed by atoms with Gasteiger partial charge >= 0.3 is 0 Å². The Kier molecular flexibility index (Phi) is 3.24. The molecule has 0 aliphatic carbocycles. The molecule has 0 saturated heterocycles. The number of hydrogen-bond acceptors (Lipinski definition) is 2. The molecule has 0 N–H and O–H groups in total. The number of benzene rings is 1. The Balaban J connectivity index is 2.10. The maximum Gasteiger partial charge on any atom is 0.0687 e. The average Bonchev–Trinajstić information content (AvgIpc) is 2.62. The molecule has 1 aliphatic rings. The fraction of sp³-hybridized carbons (Fsp3) is 0.455. The molecule has 76 valence electrons. The summed E-state index contributed by atoms with van der Waals surface area (Å²) < 4.78 is 0. The zero-order chi connectivity index (χ0) is 9.97. The number of fused-ring (bicyclic) bond motifs is 1. The Morgan fingerprint density at radius 2 is 2.29 bits per heavy atom. The third-order valence-corrected chi connectivity index (χ3v) is 4.00. The van der Waals surface area contributed by atoms with Crippen LogP contribution in [0.5, 0.6) is 0 Å². The number of alkyl halides is 1. The Morgan fingerprint density at radius 1 is 1.50 bits per heavy atom. The first-order valence-electron chi connectivity index (χ1n) is 4.84. The van der Waals surface area contributed by atoms with E-state index in [2.05, 4.69) is 36.1 Å². The lowest BCUT2D eigenvalue weighted by molar-refractivity contribution is 0.641. The van der Waals surface area contributed by atoms with Crippen LogP contribution in [0.2, 0.25) is 0 Å². The lowest BCUT2D eigenvalue weighted by Crippen LogP contribution is -2.26. The topological polar surface area (TPSA) is 3.24 Å². The van der Waals surface area contributed by atoms with Crippen molar-refractivity contribution in [1.29, 1.82) is 0 Å². The lowest BCUT2D eigenvalue weighted by atomic mass is 10.2. The quantitative estimate of drug-likeness (QED) is 0.728. The van der Waals surface area contributed by atoms with Crippen molar-refractivity contribution in [3.05, 3.63) is 24.3 Å². The highest BCUT2D eigenvalue weighted by atomic mass is 35.5. The number of nitrogens with zero attached hydrogens (tertiary/aromatic N) is 1. The second-order valence-corrected chi connectivity index (χ2v) is 5.02. The van der Waals surface area contributed by atoms with Crippen LogP contribution in [-0.4, -0.2) is 18.3 Å². The van der Waals surface area contributed by atoms with Gasteiger partial charge in [0.2, 0.25) is 0 Å². The Labute approximate surface area is 94.4 Å². The maximum atomic E-state index is 5.82. The zero-order valence-corrected chi connectivity index (χ0v) is 9.81. The summed E-state index contributed by atoms with van der Waals surface area (Å²) in [5, 5.41) is 0. The van der Waals surface area contributed by atoms with E-state index in [0.717, 1.165) is 18.3 Å². The lowest BCUT2D eigenvalue weighted by Gasteiger charge is -2.21. The van der Waals surface area contributed by atoms with Gasteiger partial charge in [-0.3, -0.25) is 0 Å². The van der Waals surface area contributed by atoms with E-state index in [9.17, 15) is 0 Å². The van der Waals surface area contributed by atoms with Gasteiger partial charge in [-0.2, -0.15) is 0 Å². The molecule has 3 heteroatoms. The highest BCUT2D eigenvalue weighted by molar-refractivity contribution is 7.99. The minimum atomic E-state index is 0.559. The van der Waals surface area contributed by atoms with Gasteiger partial charge in [0.05, 0.1) is 11.6 Å². The summed E-state index contributed by atoms with van der Waals surface area (Å²) in [4.78, 5) is 3.81. The molecule has 0 aromatic heterocycles. The molecule has 1 aliphatic heterocycles. The van der Waals surface area contributed by atoms with Gasteiger partial charge in [-0.25, -0.2) is 0 Å². The molecule has 1 aromatic rings. The predicted molar refractivity (Wildman–Crippen MR) is 64.4 cm³/mol. The maximum absolute atomic E-state index is 5.82. The monoisotopic (exact) mass is 227 g/mol. The molecule has 1 heterocycles. The summed E-state index contributed by atoms with van der Waals surface area (Å²) in [6.45, 7) is 3.26. The van der Waals surface area contributed by atoms with Crippen LogP contribution in [-0.2, 0) is 0 Å². The average molecular weight is 228 g/mol. The molecule has 0 amide bonds. The number of halogens is 1. The Bertz CT molecular complexity index is 316. The molecule has 0 bridgehead atoms. The van der Waals surface area contributed by atoms with Gasteiger partial charge < -0.3 is 4.90 Å². The second kappa shape index (κ2) is 4.45. The molecule has 1 atom stereocenters. The number of hydrogen-bond donors (Lipinski definition) is 0. The summed E-state index contributed by atoms with van der Waals surface area (Å²) >= 11 is 7.74. The minimum Gasteiger partial charge on any atom is -0.361 e. The van der Waals surface area contributed by atoms with Crippen molar-refractivity contribution in [3.63, 3.8) is 0 Å². The molecule has 2 rings (SSSR count). The van der Waals surface area contributed by atoms with Crippen LogP contribution >= 0.6 is 23.4 Å². The third kappa shape index (κ3) is 2.01. The summed E-state index contributed by atoms with van der Waals surface area (Å²) in [6, 6.07) is 8.57. The highest BCUT2D eigenvalue weighted by Crippen LogP contribution is 2.38. The van der Waals surface area contributed by atoms with Crippen molar-refractivity contribution >= 4 is 29.1 Å². The molecular formula is C11H14ClNS. The summed E-state index contributed by atoms with van der Waals surface area (Å²) in [7, 11) is 0. The van der Waals surface area contributed by atoms with E-state index in [1.807, 2.05) is 11.8 Å². The molecule has 1 nitrogen and oxygen atoms in total. The minimum absolute atomic E-state index is 0.559. The predicted octanol–water partition coefficient (Wildman–Crippen LogP) is 3.43. The molecule has 0 saturated carbocycles. The molecule has 1 aromatic carbocycles. The molecule has 14 heavy (non-hydrogen) atoms. The van der Waals surface area contributed by atoms with Crippen LogP contribution in [0.25, 0.3) is 0 Å². The molecule has 0 spiro atoms. The standard InChI is InChI=1S/C11H14ClNS/c1-9(6-12)7-13-8-14-11-5-3-2-4-10(11)13/h2-5,9H,6-8H2,1H3. The van der Waals surface area contributed by atoms with E-state index in [1.165, 1.54) is 10.6 Å². The highest BCUT2D eigenvalue weighted by Gasteiger charge is 2.19. The van der Waals surface area contributed by atoms with E-state index in [0.29, 0.717) is 5.92 Å². The molecule has 0 fully saturated rings. The van der Waals surface area contributed by atoms with E-state index in [4.69, 9.17) is 11.6 Å². The SMILES string of the molecule is CC(CCl)CN1CSc2ccccc21. The number of rotatable bonds is 3. The van der Waals surface area contributed by atoms with Crippen LogP contribution in [0.4, 0.5) is 5.69 Å². The molecular weight excluding hydrogens is 214 g/mol. The fourth-order valence-corrected chi connectivity index (χ4v) is 2.79.